The van der Waals surface area contributed by atoms with Gasteiger partial charge in [-0.2, -0.15) is 0 Å². The zero-order valence-corrected chi connectivity index (χ0v) is 13.8. The molecule has 3 heteroatoms. The van der Waals surface area contributed by atoms with Gasteiger partial charge < -0.3 is 9.80 Å². The molecule has 4 aliphatic rings. The van der Waals surface area contributed by atoms with Crippen LogP contribution in [0.15, 0.2) is 47.2 Å². The first kappa shape index (κ1) is 13.6. The Morgan fingerprint density at radius 1 is 1.35 bits per heavy atom. The van der Waals surface area contributed by atoms with Gasteiger partial charge in [-0.15, -0.1) is 0 Å². The number of nitrogens with one attached hydrogen (secondary N) is 1. The van der Waals surface area contributed by atoms with Gasteiger partial charge in [0, 0.05) is 35.7 Å². The van der Waals surface area contributed by atoms with Gasteiger partial charge in [-0.25, -0.2) is 0 Å². The lowest BCUT2D eigenvalue weighted by Gasteiger charge is -2.51. The van der Waals surface area contributed by atoms with E-state index in [1.54, 1.807) is 0 Å². The molecule has 0 unspecified atom stereocenters. The zero-order chi connectivity index (χ0) is 15.8. The van der Waals surface area contributed by atoms with Gasteiger partial charge in [0.25, 0.3) is 0 Å². The number of quaternary nitrogens is 1. The summed E-state index contributed by atoms with van der Waals surface area (Å²) in [5.74, 6) is 0.316. The average Bonchev–Trinajstić information content (AvgIpc) is 3.08. The van der Waals surface area contributed by atoms with Crippen LogP contribution in [0, 0.1) is 5.92 Å². The molecular formula is C20H23N2O+. The van der Waals surface area contributed by atoms with Crippen LogP contribution in [0.5, 0.6) is 0 Å². The van der Waals surface area contributed by atoms with Crippen LogP contribution in [0.25, 0.3) is 0 Å². The van der Waals surface area contributed by atoms with E-state index in [-0.39, 0.29) is 5.41 Å². The van der Waals surface area contributed by atoms with Gasteiger partial charge in [0.05, 0.1) is 19.0 Å². The second kappa shape index (κ2) is 4.15. The highest BCUT2D eigenvalue weighted by molar-refractivity contribution is 5.84. The summed E-state index contributed by atoms with van der Waals surface area (Å²) in [6.45, 7) is 4.42. The minimum Gasteiger partial charge on any atom is -0.357 e. The molecule has 2 bridgehead atoms. The zero-order valence-electron chi connectivity index (χ0n) is 13.8. The van der Waals surface area contributed by atoms with Crippen molar-refractivity contribution in [2.24, 2.45) is 5.92 Å². The molecule has 3 heterocycles. The summed E-state index contributed by atoms with van der Waals surface area (Å²) in [7, 11) is 2.42. The Bertz CT molecular complexity index is 793. The quantitative estimate of drug-likeness (QED) is 0.491. The highest BCUT2D eigenvalue weighted by atomic mass is 16.1. The van der Waals surface area contributed by atoms with Crippen molar-refractivity contribution in [2.75, 3.05) is 25.5 Å². The molecule has 1 aromatic rings. The summed E-state index contributed by atoms with van der Waals surface area (Å²) in [6.07, 6.45) is 5.65. The number of carbonyl (C=O) groups excluding carboxylic acids is 1. The third kappa shape index (κ3) is 1.38. The Hall–Kier alpha value is -1.87. The topological polar surface area (TPSA) is 29.1 Å². The molecule has 0 aromatic heterocycles. The Balaban J connectivity index is 1.85. The summed E-state index contributed by atoms with van der Waals surface area (Å²) in [6, 6.07) is 9.27. The van der Waals surface area contributed by atoms with Gasteiger partial charge >= 0.3 is 0 Å². The molecule has 0 amide bonds. The Labute approximate surface area is 137 Å². The second-order valence-corrected chi connectivity index (χ2v) is 7.87. The van der Waals surface area contributed by atoms with Crippen molar-refractivity contribution in [1.82, 2.24) is 0 Å². The number of rotatable bonds is 1. The molecule has 4 atom stereocenters. The van der Waals surface area contributed by atoms with Crippen LogP contribution in [0.3, 0.4) is 0 Å². The lowest BCUT2D eigenvalue weighted by atomic mass is 9.61. The predicted octanol–water partition coefficient (Wildman–Crippen LogP) is 3.00. The van der Waals surface area contributed by atoms with Gasteiger partial charge in [-0.1, -0.05) is 24.3 Å². The van der Waals surface area contributed by atoms with Crippen molar-refractivity contribution in [2.45, 2.75) is 31.2 Å². The molecule has 0 radical (unpaired) electrons. The van der Waals surface area contributed by atoms with Crippen LogP contribution in [0.1, 0.15) is 25.3 Å². The number of aldehydes is 1. The number of piperidine rings is 1. The van der Waals surface area contributed by atoms with E-state index in [4.69, 9.17) is 0 Å². The first-order chi connectivity index (χ1) is 11.1. The number of hydrogen-bond acceptors (Lipinski definition) is 2. The van der Waals surface area contributed by atoms with Crippen molar-refractivity contribution < 1.29 is 9.28 Å². The van der Waals surface area contributed by atoms with Crippen LogP contribution in [0.4, 0.5) is 5.69 Å². The summed E-state index contributed by atoms with van der Waals surface area (Å²) >= 11 is 0. The van der Waals surface area contributed by atoms with E-state index in [2.05, 4.69) is 49.6 Å². The molecule has 1 aromatic carbocycles. The Kier molecular flexibility index (Phi) is 2.45. The van der Waals surface area contributed by atoms with E-state index in [9.17, 15) is 4.79 Å². The van der Waals surface area contributed by atoms with Crippen molar-refractivity contribution in [3.63, 3.8) is 0 Å². The van der Waals surface area contributed by atoms with E-state index in [0.29, 0.717) is 12.0 Å². The number of carbonyl (C=O) groups is 1. The number of nitrogens with zero attached hydrogens (tertiary/aromatic N) is 1. The van der Waals surface area contributed by atoms with E-state index in [1.165, 1.54) is 29.1 Å². The summed E-state index contributed by atoms with van der Waals surface area (Å²) < 4.78 is 1.13. The van der Waals surface area contributed by atoms with Crippen LogP contribution in [-0.4, -0.2) is 36.9 Å². The SMILES string of the molecule is C/C=C1/C[N@+]2(C)CC[C@@]34C(=C(C=O)[C@H]1C[C@H]32)Nc1ccccc14. The number of hydrogen-bond donors (Lipinski definition) is 1. The minimum absolute atomic E-state index is 0.0390. The fraction of sp³-hybridized carbons (Fsp3) is 0.450. The fourth-order valence-electron chi connectivity index (χ4n) is 6.07. The van der Waals surface area contributed by atoms with Gasteiger partial charge in [0.1, 0.15) is 18.9 Å². The monoisotopic (exact) mass is 307 g/mol. The predicted molar refractivity (Wildman–Crippen MR) is 91.0 cm³/mol. The number of anilines is 1. The van der Waals surface area contributed by atoms with E-state index < -0.39 is 0 Å². The minimum atomic E-state index is 0.0390. The molecule has 5 rings (SSSR count). The molecule has 23 heavy (non-hydrogen) atoms. The number of para-hydroxylation sites is 1. The van der Waals surface area contributed by atoms with Crippen LogP contribution in [-0.2, 0) is 10.2 Å². The van der Waals surface area contributed by atoms with E-state index in [1.807, 2.05) is 0 Å². The maximum Gasteiger partial charge on any atom is 0.148 e. The van der Waals surface area contributed by atoms with Gasteiger partial charge in [-0.05, 0) is 24.1 Å². The number of benzene rings is 1. The standard InChI is InChI=1S/C20H22N2O/c1-3-13-11-22(2)9-8-20-16-6-4-5-7-17(16)21-19(20)15(12-23)14(13)10-18(20)22/h3-7,12,14,18H,8-11H2,1-2H3/p+1/b13-3-/t14-,18+,20-,22-/m0/s1. The first-order valence-electron chi connectivity index (χ1n) is 8.70. The van der Waals surface area contributed by atoms with Crippen molar-refractivity contribution >= 4 is 12.0 Å². The van der Waals surface area contributed by atoms with Crippen molar-refractivity contribution in [1.29, 1.82) is 0 Å². The highest BCUT2D eigenvalue weighted by Crippen LogP contribution is 2.62. The maximum atomic E-state index is 12.0. The Morgan fingerprint density at radius 3 is 2.96 bits per heavy atom. The van der Waals surface area contributed by atoms with E-state index >= 15 is 0 Å². The van der Waals surface area contributed by atoms with Crippen LogP contribution < -0.4 is 5.32 Å². The lowest BCUT2D eigenvalue weighted by molar-refractivity contribution is -0.923. The van der Waals surface area contributed by atoms with Crippen molar-refractivity contribution in [3.8, 4) is 0 Å². The van der Waals surface area contributed by atoms with Gasteiger partial charge in [0.2, 0.25) is 0 Å². The summed E-state index contributed by atoms with van der Waals surface area (Å²) in [4.78, 5) is 12.0. The molecule has 0 saturated carbocycles. The van der Waals surface area contributed by atoms with E-state index in [0.717, 1.165) is 35.7 Å². The summed E-state index contributed by atoms with van der Waals surface area (Å²) in [5, 5.41) is 3.66. The molecule has 1 aliphatic carbocycles. The number of likely N-dealkylation sites (N-methyl/N-ethyl adjacent to an activating group) is 1. The molecular weight excluding hydrogens is 284 g/mol. The van der Waals surface area contributed by atoms with Gasteiger partial charge in [-0.3, -0.25) is 4.79 Å². The average molecular weight is 307 g/mol. The Morgan fingerprint density at radius 2 is 2.17 bits per heavy atom. The molecule has 1 N–H and O–H groups in total. The molecule has 2 fully saturated rings. The summed E-state index contributed by atoms with van der Waals surface area (Å²) in [5.41, 5.74) is 6.35. The highest BCUT2D eigenvalue weighted by Gasteiger charge is 2.67. The normalized spacial score (nSPS) is 41.6. The van der Waals surface area contributed by atoms with Gasteiger partial charge in [0.15, 0.2) is 0 Å². The molecule has 118 valence electrons. The fourth-order valence-corrected chi connectivity index (χ4v) is 6.07. The van der Waals surface area contributed by atoms with Crippen LogP contribution >= 0.6 is 0 Å². The number of allylic oxidation sites excluding steroid dienone is 2. The molecule has 2 saturated heterocycles. The van der Waals surface area contributed by atoms with Crippen molar-refractivity contribution in [3.05, 3.63) is 52.7 Å². The first-order valence-corrected chi connectivity index (χ1v) is 8.70. The third-order valence-electron chi connectivity index (χ3n) is 7.06. The number of fused-ring (bicyclic) bond motifs is 2. The third-order valence-corrected chi connectivity index (χ3v) is 7.06. The smallest absolute Gasteiger partial charge is 0.148 e. The molecule has 1 spiro atoms. The largest absolute Gasteiger partial charge is 0.357 e. The second-order valence-electron chi connectivity index (χ2n) is 7.87. The maximum absolute atomic E-state index is 12.0. The lowest BCUT2D eigenvalue weighted by Crippen LogP contribution is -2.61. The molecule has 3 nitrogen and oxygen atoms in total. The van der Waals surface area contributed by atoms with Crippen LogP contribution in [0.2, 0.25) is 0 Å². The molecule has 3 aliphatic heterocycles.